The molecule has 1 saturated heterocycles. The van der Waals surface area contributed by atoms with Gasteiger partial charge in [-0.25, -0.2) is 9.97 Å². The van der Waals surface area contributed by atoms with Crippen molar-refractivity contribution in [1.82, 2.24) is 19.9 Å². The lowest BCUT2D eigenvalue weighted by atomic mass is 10.1. The van der Waals surface area contributed by atoms with E-state index >= 15 is 0 Å². The van der Waals surface area contributed by atoms with Gasteiger partial charge < -0.3 is 0 Å². The Labute approximate surface area is 119 Å². The third-order valence-corrected chi connectivity index (χ3v) is 3.83. The smallest absolute Gasteiger partial charge is 0.132 e. The van der Waals surface area contributed by atoms with E-state index in [1.165, 1.54) is 5.56 Å². The van der Waals surface area contributed by atoms with E-state index in [0.717, 1.165) is 43.3 Å². The average Bonchev–Trinajstić information content (AvgIpc) is 2.90. The molecule has 20 heavy (non-hydrogen) atoms. The van der Waals surface area contributed by atoms with Gasteiger partial charge in [0.05, 0.1) is 0 Å². The van der Waals surface area contributed by atoms with Crippen LogP contribution in [-0.2, 0) is 6.54 Å². The number of likely N-dealkylation sites (tertiary alicyclic amines) is 1. The highest BCUT2D eigenvalue weighted by Crippen LogP contribution is 2.25. The van der Waals surface area contributed by atoms with Crippen molar-refractivity contribution in [1.29, 1.82) is 0 Å². The van der Waals surface area contributed by atoms with Crippen LogP contribution in [0.1, 0.15) is 35.1 Å². The van der Waals surface area contributed by atoms with Crippen molar-refractivity contribution in [2.75, 3.05) is 13.1 Å². The summed E-state index contributed by atoms with van der Waals surface area (Å²) in [7, 11) is 0. The third kappa shape index (κ3) is 3.02. The summed E-state index contributed by atoms with van der Waals surface area (Å²) in [5, 5.41) is 0. The number of hydrogen-bond acceptors (Lipinski definition) is 4. The Morgan fingerprint density at radius 2 is 2.05 bits per heavy atom. The molecule has 0 aromatic carbocycles. The number of hydrogen-bond donors (Lipinski definition) is 0. The minimum atomic E-state index is 0.466. The van der Waals surface area contributed by atoms with Gasteiger partial charge in [-0.1, -0.05) is 6.07 Å². The predicted molar refractivity (Wildman–Crippen MR) is 78.4 cm³/mol. The maximum Gasteiger partial charge on any atom is 0.132 e. The van der Waals surface area contributed by atoms with Crippen molar-refractivity contribution in [3.63, 3.8) is 0 Å². The van der Waals surface area contributed by atoms with Crippen LogP contribution < -0.4 is 0 Å². The van der Waals surface area contributed by atoms with Crippen LogP contribution in [-0.4, -0.2) is 32.9 Å². The average molecular weight is 268 g/mol. The molecular formula is C16H20N4. The fourth-order valence-corrected chi connectivity index (χ4v) is 2.70. The van der Waals surface area contributed by atoms with Gasteiger partial charge in [0, 0.05) is 42.8 Å². The van der Waals surface area contributed by atoms with Crippen LogP contribution in [0.5, 0.6) is 0 Å². The van der Waals surface area contributed by atoms with E-state index in [1.807, 2.05) is 32.3 Å². The second-order valence-electron chi connectivity index (χ2n) is 5.58. The lowest BCUT2D eigenvalue weighted by Gasteiger charge is -2.15. The monoisotopic (exact) mass is 268 g/mol. The molecule has 1 atom stereocenters. The topological polar surface area (TPSA) is 41.9 Å². The standard InChI is InChI=1S/C16H20N4/c1-12-3-4-14(9-18-12)10-20-8-6-15(11-20)16-17-7-5-13(2)19-16/h3-5,7,9,15H,6,8,10-11H2,1-2H3/t15-/m0/s1. The van der Waals surface area contributed by atoms with Crippen LogP contribution in [0.25, 0.3) is 0 Å². The quantitative estimate of drug-likeness (QED) is 0.857. The van der Waals surface area contributed by atoms with Gasteiger partial charge >= 0.3 is 0 Å². The highest BCUT2D eigenvalue weighted by atomic mass is 15.2. The molecule has 0 unspecified atom stereocenters. The lowest BCUT2D eigenvalue weighted by molar-refractivity contribution is 0.325. The van der Waals surface area contributed by atoms with Crippen LogP contribution in [0.3, 0.4) is 0 Å². The van der Waals surface area contributed by atoms with Crippen LogP contribution in [0.2, 0.25) is 0 Å². The Kier molecular flexibility index (Phi) is 3.74. The predicted octanol–water partition coefficient (Wildman–Crippen LogP) is 2.48. The summed E-state index contributed by atoms with van der Waals surface area (Å²) in [5.41, 5.74) is 3.40. The molecule has 0 saturated carbocycles. The fourth-order valence-electron chi connectivity index (χ4n) is 2.70. The number of nitrogens with zero attached hydrogens (tertiary/aromatic N) is 4. The first kappa shape index (κ1) is 13.2. The summed E-state index contributed by atoms with van der Waals surface area (Å²) in [6, 6.07) is 6.19. The van der Waals surface area contributed by atoms with Crippen molar-refractivity contribution >= 4 is 0 Å². The minimum Gasteiger partial charge on any atom is -0.298 e. The molecule has 4 nitrogen and oxygen atoms in total. The summed E-state index contributed by atoms with van der Waals surface area (Å²) < 4.78 is 0. The van der Waals surface area contributed by atoms with Gasteiger partial charge in [0.15, 0.2) is 0 Å². The Morgan fingerprint density at radius 1 is 1.15 bits per heavy atom. The highest BCUT2D eigenvalue weighted by molar-refractivity contribution is 5.14. The summed E-state index contributed by atoms with van der Waals surface area (Å²) in [6.45, 7) is 7.16. The molecule has 2 aromatic rings. The number of pyridine rings is 1. The van der Waals surface area contributed by atoms with E-state index in [4.69, 9.17) is 0 Å². The molecule has 104 valence electrons. The van der Waals surface area contributed by atoms with E-state index in [0.29, 0.717) is 5.92 Å². The molecule has 3 heterocycles. The second-order valence-corrected chi connectivity index (χ2v) is 5.58. The molecule has 0 bridgehead atoms. The van der Waals surface area contributed by atoms with Crippen LogP contribution in [0.15, 0.2) is 30.6 Å². The summed E-state index contributed by atoms with van der Waals surface area (Å²) in [6.07, 6.45) is 4.98. The van der Waals surface area contributed by atoms with Crippen LogP contribution >= 0.6 is 0 Å². The first-order valence-electron chi connectivity index (χ1n) is 7.14. The lowest BCUT2D eigenvalue weighted by Crippen LogP contribution is -2.20. The van der Waals surface area contributed by atoms with Crippen LogP contribution in [0, 0.1) is 13.8 Å². The zero-order chi connectivity index (χ0) is 13.9. The van der Waals surface area contributed by atoms with Crippen molar-refractivity contribution in [3.05, 3.63) is 53.4 Å². The Morgan fingerprint density at radius 3 is 2.80 bits per heavy atom. The molecule has 0 N–H and O–H groups in total. The second kappa shape index (κ2) is 5.67. The zero-order valence-electron chi connectivity index (χ0n) is 12.1. The first-order valence-corrected chi connectivity index (χ1v) is 7.14. The Hall–Kier alpha value is -1.81. The summed E-state index contributed by atoms with van der Waals surface area (Å²) in [5.74, 6) is 1.46. The van der Waals surface area contributed by atoms with Crippen molar-refractivity contribution in [2.45, 2.75) is 32.7 Å². The van der Waals surface area contributed by atoms with Gasteiger partial charge in [-0.3, -0.25) is 9.88 Å². The first-order chi connectivity index (χ1) is 9.70. The zero-order valence-corrected chi connectivity index (χ0v) is 12.1. The maximum absolute atomic E-state index is 4.56. The van der Waals surface area contributed by atoms with Gasteiger partial charge in [-0.15, -0.1) is 0 Å². The molecule has 0 amide bonds. The molecular weight excluding hydrogens is 248 g/mol. The number of aromatic nitrogens is 3. The molecule has 3 rings (SSSR count). The van der Waals surface area contributed by atoms with E-state index in [1.54, 1.807) is 0 Å². The van der Waals surface area contributed by atoms with Crippen molar-refractivity contribution < 1.29 is 0 Å². The van der Waals surface area contributed by atoms with Gasteiger partial charge in [-0.2, -0.15) is 0 Å². The largest absolute Gasteiger partial charge is 0.298 e. The van der Waals surface area contributed by atoms with Gasteiger partial charge in [0.2, 0.25) is 0 Å². The fraction of sp³-hybridized carbons (Fsp3) is 0.438. The Bertz CT molecular complexity index is 579. The molecule has 0 aliphatic carbocycles. The molecule has 4 heteroatoms. The van der Waals surface area contributed by atoms with Gasteiger partial charge in [0.25, 0.3) is 0 Å². The Balaban J connectivity index is 1.63. The van der Waals surface area contributed by atoms with E-state index in [2.05, 4.69) is 32.0 Å². The van der Waals surface area contributed by atoms with Gasteiger partial charge in [-0.05, 0) is 44.5 Å². The number of aryl methyl sites for hydroxylation is 2. The van der Waals surface area contributed by atoms with E-state index < -0.39 is 0 Å². The minimum absolute atomic E-state index is 0.466. The molecule has 1 fully saturated rings. The molecule has 1 aliphatic heterocycles. The normalized spacial score (nSPS) is 19.4. The molecule has 2 aromatic heterocycles. The number of rotatable bonds is 3. The van der Waals surface area contributed by atoms with E-state index in [-0.39, 0.29) is 0 Å². The third-order valence-electron chi connectivity index (χ3n) is 3.83. The van der Waals surface area contributed by atoms with Gasteiger partial charge in [0.1, 0.15) is 5.82 Å². The molecule has 0 spiro atoms. The maximum atomic E-state index is 4.56. The molecule has 1 aliphatic rings. The summed E-state index contributed by atoms with van der Waals surface area (Å²) in [4.78, 5) is 15.8. The van der Waals surface area contributed by atoms with Crippen molar-refractivity contribution in [2.24, 2.45) is 0 Å². The summed E-state index contributed by atoms with van der Waals surface area (Å²) >= 11 is 0. The van der Waals surface area contributed by atoms with Crippen molar-refractivity contribution in [3.8, 4) is 0 Å². The highest BCUT2D eigenvalue weighted by Gasteiger charge is 2.25. The molecule has 0 radical (unpaired) electrons. The van der Waals surface area contributed by atoms with E-state index in [9.17, 15) is 0 Å². The van der Waals surface area contributed by atoms with Crippen LogP contribution in [0.4, 0.5) is 0 Å². The SMILES string of the molecule is Cc1ccc(CN2CC[C@H](c3nccc(C)n3)C2)cn1.